The van der Waals surface area contributed by atoms with Crippen LogP contribution in [0.3, 0.4) is 0 Å². The van der Waals surface area contributed by atoms with Crippen LogP contribution in [0.15, 0.2) is 158 Å². The number of rotatable bonds is 3. The summed E-state index contributed by atoms with van der Waals surface area (Å²) < 4.78 is 2.29. The van der Waals surface area contributed by atoms with Crippen molar-refractivity contribution in [3.63, 3.8) is 0 Å². The van der Waals surface area contributed by atoms with Gasteiger partial charge in [0, 0.05) is 27.3 Å². The van der Waals surface area contributed by atoms with Crippen LogP contribution in [0.5, 0.6) is 0 Å². The molecule has 0 spiro atoms. The van der Waals surface area contributed by atoms with Gasteiger partial charge in [-0.25, -0.2) is 4.98 Å². The third kappa shape index (κ3) is 4.00. The van der Waals surface area contributed by atoms with Crippen molar-refractivity contribution in [2.24, 2.45) is 0 Å². The molecule has 0 radical (unpaired) electrons. The minimum absolute atomic E-state index is 0.311. The second-order valence-electron chi connectivity index (χ2n) is 14.4. The molecule has 11 rings (SSSR count). The van der Waals surface area contributed by atoms with Crippen LogP contribution in [0.1, 0.15) is 25.0 Å². The molecule has 0 aliphatic heterocycles. The van der Waals surface area contributed by atoms with Gasteiger partial charge in [0.1, 0.15) is 0 Å². The van der Waals surface area contributed by atoms with Gasteiger partial charge in [0.15, 0.2) is 11.6 Å². The molecule has 1 aliphatic carbocycles. The summed E-state index contributed by atoms with van der Waals surface area (Å²) in [5, 5.41) is 10.1. The van der Waals surface area contributed by atoms with E-state index in [0.29, 0.717) is 17.6 Å². The molecular formula is C48H32N4. The lowest BCUT2D eigenvalue weighted by Gasteiger charge is -2.24. The Bertz CT molecular complexity index is 3030. The van der Waals surface area contributed by atoms with Crippen molar-refractivity contribution in [3.05, 3.63) is 169 Å². The summed E-state index contributed by atoms with van der Waals surface area (Å²) in [5.74, 6) is 1.91. The molecule has 0 N–H and O–H groups in total. The van der Waals surface area contributed by atoms with E-state index in [1.54, 1.807) is 0 Å². The third-order valence-electron chi connectivity index (χ3n) is 11.2. The third-order valence-corrected chi connectivity index (χ3v) is 11.2. The largest absolute Gasteiger partial charge is 0.277 e. The van der Waals surface area contributed by atoms with Crippen LogP contribution in [0.2, 0.25) is 0 Å². The molecule has 0 saturated carbocycles. The lowest BCUT2D eigenvalue weighted by molar-refractivity contribution is 0.664. The van der Waals surface area contributed by atoms with E-state index in [-0.39, 0.29) is 5.41 Å². The summed E-state index contributed by atoms with van der Waals surface area (Å²) >= 11 is 0. The zero-order chi connectivity index (χ0) is 34.6. The van der Waals surface area contributed by atoms with E-state index in [4.69, 9.17) is 15.0 Å². The zero-order valence-corrected chi connectivity index (χ0v) is 28.8. The fourth-order valence-electron chi connectivity index (χ4n) is 8.85. The van der Waals surface area contributed by atoms with Gasteiger partial charge in [-0.1, -0.05) is 153 Å². The smallest absolute Gasteiger partial charge is 0.238 e. The van der Waals surface area contributed by atoms with Gasteiger partial charge in [0.25, 0.3) is 0 Å². The highest BCUT2D eigenvalue weighted by Crippen LogP contribution is 2.54. The average molecular weight is 665 g/mol. The van der Waals surface area contributed by atoms with Gasteiger partial charge in [-0.05, 0) is 72.8 Å². The molecule has 4 nitrogen and oxygen atoms in total. The highest BCUT2D eigenvalue weighted by molar-refractivity contribution is 6.26. The van der Waals surface area contributed by atoms with E-state index >= 15 is 0 Å². The standard InChI is InChI=1S/C48H32N4/c1-48(2)41-28-39-34-22-12-10-20-32(34)31-19-9-11-21-33(31)38(39)27-40(41)36-25-26-37-35-23-13-14-24-42(35)52(44(37)43(36)48)47-50-45(29-15-5-3-6-16-29)49-46(51-47)30-17-7-4-8-18-30/h3-28H,1-2H3. The van der Waals surface area contributed by atoms with Gasteiger partial charge in [-0.3, -0.25) is 4.57 Å². The van der Waals surface area contributed by atoms with Gasteiger partial charge in [0.2, 0.25) is 5.95 Å². The Morgan fingerprint density at radius 3 is 1.52 bits per heavy atom. The molecule has 1 aliphatic rings. The van der Waals surface area contributed by atoms with Crippen LogP contribution in [0.4, 0.5) is 0 Å². The number of nitrogens with zero attached hydrogens (tertiary/aromatic N) is 4. The average Bonchev–Trinajstić information content (AvgIpc) is 3.66. The van der Waals surface area contributed by atoms with E-state index in [0.717, 1.165) is 22.2 Å². The molecule has 2 aromatic heterocycles. The predicted molar refractivity (Wildman–Crippen MR) is 215 cm³/mol. The SMILES string of the molecule is CC1(C)c2cc3c4ccccc4c4ccccc4c3cc2-c2ccc3c4ccccc4n(-c4nc(-c5ccccc5)nc(-c5ccccc5)n4)c3c21. The molecule has 0 bridgehead atoms. The van der Waals surface area contributed by atoms with E-state index in [2.05, 4.69) is 140 Å². The van der Waals surface area contributed by atoms with Crippen LogP contribution in [0, 0.1) is 0 Å². The molecule has 0 unspecified atom stereocenters. The molecule has 244 valence electrons. The minimum atomic E-state index is -0.311. The summed E-state index contributed by atoms with van der Waals surface area (Å²) in [6.45, 7) is 4.76. The second kappa shape index (κ2) is 10.7. The topological polar surface area (TPSA) is 43.6 Å². The maximum atomic E-state index is 5.25. The Hall–Kier alpha value is -6.65. The fraction of sp³-hybridized carbons (Fsp3) is 0.0625. The number of hydrogen-bond donors (Lipinski definition) is 0. The van der Waals surface area contributed by atoms with E-state index < -0.39 is 0 Å². The van der Waals surface area contributed by atoms with Crippen molar-refractivity contribution in [1.82, 2.24) is 19.5 Å². The van der Waals surface area contributed by atoms with Crippen LogP contribution in [-0.2, 0) is 5.41 Å². The quantitative estimate of drug-likeness (QED) is 0.177. The van der Waals surface area contributed by atoms with E-state index in [1.165, 1.54) is 65.3 Å². The van der Waals surface area contributed by atoms with E-state index in [1.807, 2.05) is 36.4 Å². The molecular weight excluding hydrogens is 633 g/mol. The maximum absolute atomic E-state index is 5.25. The molecule has 0 amide bonds. The van der Waals surface area contributed by atoms with Crippen molar-refractivity contribution in [2.75, 3.05) is 0 Å². The number of fused-ring (bicyclic) bond motifs is 13. The highest BCUT2D eigenvalue weighted by Gasteiger charge is 2.39. The molecule has 4 heteroatoms. The monoisotopic (exact) mass is 664 g/mol. The fourth-order valence-corrected chi connectivity index (χ4v) is 8.85. The van der Waals surface area contributed by atoms with Crippen LogP contribution >= 0.6 is 0 Å². The first-order chi connectivity index (χ1) is 25.6. The summed E-state index contributed by atoms with van der Waals surface area (Å²) in [6, 6.07) is 56.3. The molecule has 2 heterocycles. The second-order valence-corrected chi connectivity index (χ2v) is 14.4. The van der Waals surface area contributed by atoms with Crippen molar-refractivity contribution >= 4 is 54.1 Å². The van der Waals surface area contributed by atoms with Crippen LogP contribution < -0.4 is 0 Å². The first-order valence-electron chi connectivity index (χ1n) is 17.9. The van der Waals surface area contributed by atoms with Gasteiger partial charge in [-0.2, -0.15) is 9.97 Å². The molecule has 0 saturated heterocycles. The van der Waals surface area contributed by atoms with Crippen molar-refractivity contribution in [3.8, 4) is 39.9 Å². The number of para-hydroxylation sites is 1. The highest BCUT2D eigenvalue weighted by atomic mass is 15.2. The van der Waals surface area contributed by atoms with Crippen LogP contribution in [0.25, 0.3) is 94.0 Å². The molecule has 52 heavy (non-hydrogen) atoms. The first-order valence-corrected chi connectivity index (χ1v) is 17.9. The number of hydrogen-bond acceptors (Lipinski definition) is 3. The molecule has 0 atom stereocenters. The minimum Gasteiger partial charge on any atom is -0.277 e. The van der Waals surface area contributed by atoms with Gasteiger partial charge in [-0.15, -0.1) is 0 Å². The Kier molecular flexibility index (Phi) is 5.98. The van der Waals surface area contributed by atoms with Gasteiger partial charge in [0.05, 0.1) is 11.0 Å². The van der Waals surface area contributed by atoms with Crippen molar-refractivity contribution in [1.29, 1.82) is 0 Å². The number of aromatic nitrogens is 4. The summed E-state index contributed by atoms with van der Waals surface area (Å²) in [7, 11) is 0. The van der Waals surface area contributed by atoms with Gasteiger partial charge < -0.3 is 0 Å². The lowest BCUT2D eigenvalue weighted by Crippen LogP contribution is -2.17. The Labute approximate surface area is 300 Å². The summed E-state index contributed by atoms with van der Waals surface area (Å²) in [4.78, 5) is 15.5. The van der Waals surface area contributed by atoms with Gasteiger partial charge >= 0.3 is 0 Å². The molecule has 8 aromatic carbocycles. The van der Waals surface area contributed by atoms with E-state index in [9.17, 15) is 0 Å². The van der Waals surface area contributed by atoms with Crippen LogP contribution in [-0.4, -0.2) is 19.5 Å². The summed E-state index contributed by atoms with van der Waals surface area (Å²) in [6.07, 6.45) is 0. The maximum Gasteiger partial charge on any atom is 0.238 e. The Morgan fingerprint density at radius 1 is 0.423 bits per heavy atom. The molecule has 10 aromatic rings. The van der Waals surface area contributed by atoms with Crippen molar-refractivity contribution in [2.45, 2.75) is 19.3 Å². The Balaban J connectivity index is 1.25. The number of benzene rings is 8. The summed E-state index contributed by atoms with van der Waals surface area (Å²) in [5.41, 5.74) is 8.99. The predicted octanol–water partition coefficient (Wildman–Crippen LogP) is 12.1. The lowest BCUT2D eigenvalue weighted by atomic mass is 9.80. The normalized spacial score (nSPS) is 13.3. The molecule has 0 fully saturated rings. The zero-order valence-electron chi connectivity index (χ0n) is 28.8. The van der Waals surface area contributed by atoms with Crippen molar-refractivity contribution < 1.29 is 0 Å². The first kappa shape index (κ1) is 29.1. The Morgan fingerprint density at radius 2 is 0.923 bits per heavy atom.